The van der Waals surface area contributed by atoms with Crippen molar-refractivity contribution in [3.8, 4) is 11.5 Å². The van der Waals surface area contributed by atoms with Gasteiger partial charge in [-0.15, -0.1) is 0 Å². The Labute approximate surface area is 191 Å². The van der Waals surface area contributed by atoms with E-state index in [1.54, 1.807) is 23.1 Å². The number of benzene rings is 3. The minimum absolute atomic E-state index is 0.201. The van der Waals surface area contributed by atoms with Gasteiger partial charge in [0.2, 0.25) is 0 Å². The Morgan fingerprint density at radius 3 is 2.00 bits per heavy atom. The van der Waals surface area contributed by atoms with Crippen LogP contribution in [0.4, 0.5) is 15.8 Å². The topological polar surface area (TPSA) is 59.1 Å². The van der Waals surface area contributed by atoms with Gasteiger partial charge < -0.3 is 14.4 Å². The van der Waals surface area contributed by atoms with Gasteiger partial charge in [-0.05, 0) is 36.8 Å². The van der Waals surface area contributed by atoms with E-state index >= 15 is 0 Å². The molecule has 7 heteroatoms. The summed E-state index contributed by atoms with van der Waals surface area (Å²) in [7, 11) is 2.99. The van der Waals surface area contributed by atoms with Crippen molar-refractivity contribution >= 4 is 28.8 Å². The molecule has 0 aromatic heterocycles. The second kappa shape index (κ2) is 9.16. The van der Waals surface area contributed by atoms with Gasteiger partial charge in [0.05, 0.1) is 25.5 Å². The van der Waals surface area contributed by atoms with E-state index in [0.29, 0.717) is 29.3 Å². The van der Waals surface area contributed by atoms with Crippen LogP contribution in [0.15, 0.2) is 78.5 Å². The smallest absolute Gasteiger partial charge is 0.282 e. The summed E-state index contributed by atoms with van der Waals surface area (Å²) in [6.07, 6.45) is 0. The van der Waals surface area contributed by atoms with Crippen LogP contribution in [0.1, 0.15) is 12.5 Å². The number of methoxy groups -OCH3 is 2. The Balaban J connectivity index is 1.91. The molecule has 0 aliphatic carbocycles. The first-order chi connectivity index (χ1) is 16.0. The molecule has 1 aliphatic heterocycles. The van der Waals surface area contributed by atoms with Crippen LogP contribution >= 0.6 is 0 Å². The fourth-order valence-electron chi connectivity index (χ4n) is 3.88. The molecule has 0 bridgehead atoms. The Morgan fingerprint density at radius 1 is 0.848 bits per heavy atom. The first-order valence-corrected chi connectivity index (χ1v) is 10.4. The first kappa shape index (κ1) is 22.1. The van der Waals surface area contributed by atoms with Crippen molar-refractivity contribution in [3.63, 3.8) is 0 Å². The molecule has 1 aliphatic rings. The summed E-state index contributed by atoms with van der Waals surface area (Å²) in [4.78, 5) is 30.4. The highest BCUT2D eigenvalue weighted by Gasteiger charge is 2.43. The van der Waals surface area contributed by atoms with Gasteiger partial charge in [-0.2, -0.15) is 0 Å². The Kier molecular flexibility index (Phi) is 6.13. The number of halogens is 1. The van der Waals surface area contributed by atoms with Crippen LogP contribution in [-0.2, 0) is 9.59 Å². The van der Waals surface area contributed by atoms with Gasteiger partial charge in [-0.25, -0.2) is 9.29 Å². The van der Waals surface area contributed by atoms with E-state index in [2.05, 4.69) is 0 Å². The zero-order valence-electron chi connectivity index (χ0n) is 18.5. The van der Waals surface area contributed by atoms with Crippen molar-refractivity contribution in [3.05, 3.63) is 89.9 Å². The number of rotatable bonds is 7. The lowest BCUT2D eigenvalue weighted by Gasteiger charge is -2.25. The van der Waals surface area contributed by atoms with Gasteiger partial charge in [0.25, 0.3) is 11.8 Å². The number of imide groups is 1. The highest BCUT2D eigenvalue weighted by atomic mass is 19.1. The third-order valence-corrected chi connectivity index (χ3v) is 5.44. The van der Waals surface area contributed by atoms with Crippen molar-refractivity contribution in [2.75, 3.05) is 30.6 Å². The monoisotopic (exact) mass is 446 g/mol. The third-order valence-electron chi connectivity index (χ3n) is 5.44. The third kappa shape index (κ3) is 4.05. The predicted molar refractivity (Wildman–Crippen MR) is 125 cm³/mol. The second-order valence-corrected chi connectivity index (χ2v) is 7.33. The molecule has 33 heavy (non-hydrogen) atoms. The Morgan fingerprint density at radius 2 is 1.45 bits per heavy atom. The largest absolute Gasteiger partial charge is 0.497 e. The number of para-hydroxylation sites is 1. The van der Waals surface area contributed by atoms with Crippen molar-refractivity contribution < 1.29 is 23.5 Å². The maximum absolute atomic E-state index is 13.8. The van der Waals surface area contributed by atoms with E-state index in [-0.39, 0.29) is 11.3 Å². The van der Waals surface area contributed by atoms with E-state index < -0.39 is 17.6 Å². The van der Waals surface area contributed by atoms with Gasteiger partial charge >= 0.3 is 0 Å². The van der Waals surface area contributed by atoms with Gasteiger partial charge in [0.1, 0.15) is 23.0 Å². The van der Waals surface area contributed by atoms with Crippen LogP contribution < -0.4 is 19.3 Å². The van der Waals surface area contributed by atoms with E-state index in [1.807, 2.05) is 37.3 Å². The number of ether oxygens (including phenoxy) is 2. The van der Waals surface area contributed by atoms with Crippen molar-refractivity contribution in [1.29, 1.82) is 0 Å². The molecule has 2 amide bonds. The molecular weight excluding hydrogens is 423 g/mol. The molecular formula is C26H23FN2O4. The fourth-order valence-corrected chi connectivity index (χ4v) is 3.88. The molecule has 3 aromatic rings. The lowest BCUT2D eigenvalue weighted by molar-refractivity contribution is -0.120. The maximum atomic E-state index is 13.8. The predicted octanol–water partition coefficient (Wildman–Crippen LogP) is 4.65. The van der Waals surface area contributed by atoms with E-state index in [4.69, 9.17) is 9.47 Å². The highest BCUT2D eigenvalue weighted by molar-refractivity contribution is 6.46. The summed E-state index contributed by atoms with van der Waals surface area (Å²) in [6.45, 7) is 2.34. The molecule has 0 saturated carbocycles. The normalized spacial score (nSPS) is 13.5. The minimum atomic E-state index is -0.508. The molecule has 4 rings (SSSR count). The van der Waals surface area contributed by atoms with Crippen LogP contribution in [0, 0.1) is 5.82 Å². The van der Waals surface area contributed by atoms with Crippen LogP contribution in [0.2, 0.25) is 0 Å². The summed E-state index contributed by atoms with van der Waals surface area (Å²) in [6, 6.07) is 19.8. The van der Waals surface area contributed by atoms with Crippen LogP contribution in [0.25, 0.3) is 5.57 Å². The molecule has 1 heterocycles. The molecule has 0 N–H and O–H groups in total. The fraction of sp³-hybridized carbons (Fsp3) is 0.154. The number of carbonyl (C=O) groups excluding carboxylic acids is 2. The van der Waals surface area contributed by atoms with Gasteiger partial charge in [0.15, 0.2) is 0 Å². The van der Waals surface area contributed by atoms with E-state index in [9.17, 15) is 14.0 Å². The van der Waals surface area contributed by atoms with E-state index in [0.717, 1.165) is 10.6 Å². The Bertz CT molecular complexity index is 1200. The quantitative estimate of drug-likeness (QED) is 0.495. The lowest BCUT2D eigenvalue weighted by atomic mass is 10.0. The highest BCUT2D eigenvalue weighted by Crippen LogP contribution is 2.39. The molecule has 0 spiro atoms. The number of amides is 2. The second-order valence-electron chi connectivity index (χ2n) is 7.33. The number of hydrogen-bond acceptors (Lipinski definition) is 5. The summed E-state index contributed by atoms with van der Waals surface area (Å²) in [5.74, 6) is -0.539. The number of likely N-dealkylation sites (N-methyl/N-ethyl adjacent to an activating group) is 1. The summed E-state index contributed by atoms with van der Waals surface area (Å²) in [5.41, 5.74) is 1.96. The van der Waals surface area contributed by atoms with Crippen LogP contribution in [0.5, 0.6) is 11.5 Å². The van der Waals surface area contributed by atoms with Crippen molar-refractivity contribution in [2.45, 2.75) is 6.92 Å². The molecule has 0 fully saturated rings. The van der Waals surface area contributed by atoms with E-state index in [1.165, 1.54) is 38.5 Å². The average Bonchev–Trinajstić information content (AvgIpc) is 3.10. The number of anilines is 2. The van der Waals surface area contributed by atoms with Gasteiger partial charge in [-0.3, -0.25) is 9.59 Å². The average molecular weight is 446 g/mol. The minimum Gasteiger partial charge on any atom is -0.497 e. The molecule has 0 unspecified atom stereocenters. The molecule has 168 valence electrons. The SMILES string of the molecule is CCN(C1=C(c2ccc(F)cc2)C(=O)N(c2cc(OC)cc(OC)c2)C1=O)c1ccccc1. The van der Waals surface area contributed by atoms with Gasteiger partial charge in [-0.1, -0.05) is 30.3 Å². The standard InChI is InChI=1S/C26H23FN2O4/c1-4-28(19-8-6-5-7-9-19)24-23(17-10-12-18(27)13-11-17)25(30)29(26(24)31)20-14-21(32-2)16-22(15-20)33-3/h5-16H,4H2,1-3H3. The number of carbonyl (C=O) groups is 2. The van der Waals surface area contributed by atoms with Crippen molar-refractivity contribution in [1.82, 2.24) is 0 Å². The van der Waals surface area contributed by atoms with Crippen LogP contribution in [0.3, 0.4) is 0 Å². The molecule has 0 saturated heterocycles. The first-order valence-electron chi connectivity index (χ1n) is 10.4. The van der Waals surface area contributed by atoms with Gasteiger partial charge in [0, 0.05) is 30.4 Å². The number of nitrogens with zero attached hydrogens (tertiary/aromatic N) is 2. The molecule has 0 atom stereocenters. The molecule has 6 nitrogen and oxygen atoms in total. The molecule has 0 radical (unpaired) electrons. The summed E-state index contributed by atoms with van der Waals surface area (Å²) >= 11 is 0. The maximum Gasteiger partial charge on any atom is 0.282 e. The van der Waals surface area contributed by atoms with Crippen molar-refractivity contribution in [2.24, 2.45) is 0 Å². The lowest BCUT2D eigenvalue weighted by Crippen LogP contribution is -2.35. The summed E-state index contributed by atoms with van der Waals surface area (Å²) in [5, 5.41) is 0. The number of hydrogen-bond donors (Lipinski definition) is 0. The zero-order valence-corrected chi connectivity index (χ0v) is 18.5. The summed E-state index contributed by atoms with van der Waals surface area (Å²) < 4.78 is 24.3. The Hall–Kier alpha value is -4.13. The zero-order chi connectivity index (χ0) is 23.5. The van der Waals surface area contributed by atoms with Crippen LogP contribution in [-0.4, -0.2) is 32.6 Å². The molecule has 3 aromatic carbocycles.